The third-order valence-electron chi connectivity index (χ3n) is 0.337. The van der Waals surface area contributed by atoms with Crippen molar-refractivity contribution in [3.63, 3.8) is 0 Å². The molecule has 4 heteroatoms. The van der Waals surface area contributed by atoms with Crippen molar-refractivity contribution in [1.29, 1.82) is 0 Å². The predicted octanol–water partition coefficient (Wildman–Crippen LogP) is 2.47. The molecule has 1 radical (unpaired) electrons. The quantitative estimate of drug-likeness (QED) is 0.477. The van der Waals surface area contributed by atoms with E-state index in [1.54, 1.807) is 0 Å². The predicted molar refractivity (Wildman–Crippen MR) is 23.5 cm³/mol. The normalized spacial score (nSPS) is 13.7. The first-order valence-electron chi connectivity index (χ1n) is 1.81. The Balaban J connectivity index is 3.15. The van der Waals surface area contributed by atoms with Crippen molar-refractivity contribution in [3.8, 4) is 0 Å². The summed E-state index contributed by atoms with van der Waals surface area (Å²) in [5.41, 5.74) is 0. The Labute approximate surface area is 41.9 Å². The maximum absolute atomic E-state index is 11.0. The molecule has 0 aliphatic rings. The maximum atomic E-state index is 11.0. The van der Waals surface area contributed by atoms with Gasteiger partial charge in [0.25, 0.3) is 0 Å². The molecule has 0 heterocycles. The summed E-state index contributed by atoms with van der Waals surface area (Å²) < 4.78 is 33.1. The van der Waals surface area contributed by atoms with Crippen LogP contribution in [-0.4, -0.2) is 12.1 Å². The van der Waals surface area contributed by atoms with E-state index >= 15 is 0 Å². The zero-order chi connectivity index (χ0) is 5.91. The summed E-state index contributed by atoms with van der Waals surface area (Å²) >= 11 is 0. The Morgan fingerprint density at radius 3 is 1.86 bits per heavy atom. The standard InChI is InChI=1S/C3H5F3P/c1-2-7-3(4,5)6/h2H2,1H3. The summed E-state index contributed by atoms with van der Waals surface area (Å²) in [6.45, 7) is 1.50. The lowest BCUT2D eigenvalue weighted by Gasteiger charge is -1.99. The van der Waals surface area contributed by atoms with E-state index in [1.165, 1.54) is 6.92 Å². The van der Waals surface area contributed by atoms with Crippen LogP contribution in [0.15, 0.2) is 0 Å². The van der Waals surface area contributed by atoms with Crippen LogP contribution in [0, 0.1) is 0 Å². The molecule has 0 aromatic rings. The molecule has 0 saturated heterocycles. The highest BCUT2D eigenvalue weighted by molar-refractivity contribution is 7.39. The zero-order valence-corrected chi connectivity index (χ0v) is 4.68. The van der Waals surface area contributed by atoms with Crippen molar-refractivity contribution >= 4 is 8.58 Å². The fourth-order valence-corrected chi connectivity index (χ4v) is 0.538. The second-order valence-electron chi connectivity index (χ2n) is 0.942. The number of rotatable bonds is 1. The van der Waals surface area contributed by atoms with Gasteiger partial charge in [-0.15, -0.1) is 0 Å². The smallest absolute Gasteiger partial charge is 0.167 e. The number of alkyl halides is 3. The molecule has 0 N–H and O–H groups in total. The average Bonchev–Trinajstić information content (AvgIpc) is 1.30. The lowest BCUT2D eigenvalue weighted by atomic mass is 11.0. The highest BCUT2D eigenvalue weighted by atomic mass is 31.1. The van der Waals surface area contributed by atoms with E-state index in [0.29, 0.717) is 0 Å². The van der Waals surface area contributed by atoms with Gasteiger partial charge in [0.1, 0.15) is 0 Å². The van der Waals surface area contributed by atoms with Gasteiger partial charge in [0.2, 0.25) is 0 Å². The van der Waals surface area contributed by atoms with Crippen LogP contribution in [0.1, 0.15) is 6.92 Å². The molecule has 0 nitrogen and oxygen atoms in total. The monoisotopic (exact) mass is 129 g/mol. The van der Waals surface area contributed by atoms with Crippen LogP contribution in [-0.2, 0) is 0 Å². The second kappa shape index (κ2) is 2.51. The van der Waals surface area contributed by atoms with E-state index in [0.717, 1.165) is 0 Å². The van der Waals surface area contributed by atoms with Gasteiger partial charge in [0, 0.05) is 8.58 Å². The van der Waals surface area contributed by atoms with Gasteiger partial charge in [-0.25, -0.2) is 0 Å². The van der Waals surface area contributed by atoms with Crippen molar-refractivity contribution in [1.82, 2.24) is 0 Å². The van der Waals surface area contributed by atoms with E-state index in [1.807, 2.05) is 0 Å². The molecule has 0 fully saturated rings. The van der Waals surface area contributed by atoms with Crippen molar-refractivity contribution in [2.24, 2.45) is 0 Å². The minimum absolute atomic E-state index is 0.156. The first-order chi connectivity index (χ1) is 3.06. The van der Waals surface area contributed by atoms with Crippen LogP contribution in [0.3, 0.4) is 0 Å². The summed E-state index contributed by atoms with van der Waals surface area (Å²) in [5.74, 6) is -3.98. The summed E-state index contributed by atoms with van der Waals surface area (Å²) in [4.78, 5) is 0. The van der Waals surface area contributed by atoms with Crippen LogP contribution in [0.25, 0.3) is 0 Å². The van der Waals surface area contributed by atoms with E-state index in [-0.39, 0.29) is 6.16 Å². The molecule has 0 spiro atoms. The summed E-state index contributed by atoms with van der Waals surface area (Å²) in [6.07, 6.45) is 0.156. The summed E-state index contributed by atoms with van der Waals surface area (Å²) in [7, 11) is -0.444. The van der Waals surface area contributed by atoms with Gasteiger partial charge in [-0.2, -0.15) is 13.2 Å². The Morgan fingerprint density at radius 1 is 1.43 bits per heavy atom. The molecule has 0 bridgehead atoms. The zero-order valence-electron chi connectivity index (χ0n) is 3.79. The largest absolute Gasteiger partial charge is 0.409 e. The molecule has 0 aliphatic carbocycles. The third-order valence-corrected chi connectivity index (χ3v) is 1.01. The van der Waals surface area contributed by atoms with Gasteiger partial charge in [0.05, 0.1) is 0 Å². The van der Waals surface area contributed by atoms with Crippen LogP contribution in [0.2, 0.25) is 0 Å². The Hall–Kier alpha value is 0.220. The fourth-order valence-electron chi connectivity index (χ4n) is 0.179. The van der Waals surface area contributed by atoms with Crippen molar-refractivity contribution < 1.29 is 13.2 Å². The summed E-state index contributed by atoms with van der Waals surface area (Å²) in [6, 6.07) is 0. The van der Waals surface area contributed by atoms with Crippen LogP contribution >= 0.6 is 8.58 Å². The Kier molecular flexibility index (Phi) is 2.59. The van der Waals surface area contributed by atoms with E-state index < -0.39 is 14.5 Å². The molecule has 7 heavy (non-hydrogen) atoms. The second-order valence-corrected chi connectivity index (χ2v) is 2.40. The SMILES string of the molecule is CC[P]C(F)(F)F. The minimum Gasteiger partial charge on any atom is -0.167 e. The molecule has 0 aromatic heterocycles. The molecule has 0 aromatic carbocycles. The maximum Gasteiger partial charge on any atom is 0.409 e. The van der Waals surface area contributed by atoms with Crippen LogP contribution in [0.5, 0.6) is 0 Å². The highest BCUT2D eigenvalue weighted by Gasteiger charge is 2.25. The third kappa shape index (κ3) is 6.22. The van der Waals surface area contributed by atoms with Crippen molar-refractivity contribution in [2.75, 3.05) is 6.16 Å². The molecule has 0 rings (SSSR count). The van der Waals surface area contributed by atoms with Crippen LogP contribution < -0.4 is 0 Å². The summed E-state index contributed by atoms with van der Waals surface area (Å²) in [5, 5.41) is 0. The van der Waals surface area contributed by atoms with Gasteiger partial charge in [-0.1, -0.05) is 6.92 Å². The van der Waals surface area contributed by atoms with E-state index in [2.05, 4.69) is 0 Å². The number of halogens is 3. The van der Waals surface area contributed by atoms with Gasteiger partial charge < -0.3 is 0 Å². The molecule has 0 aliphatic heterocycles. The van der Waals surface area contributed by atoms with Crippen molar-refractivity contribution in [3.05, 3.63) is 0 Å². The molecule has 0 saturated carbocycles. The molecule has 0 atom stereocenters. The highest BCUT2D eigenvalue weighted by Crippen LogP contribution is 2.35. The van der Waals surface area contributed by atoms with Gasteiger partial charge in [-0.05, 0) is 6.16 Å². The minimum atomic E-state index is -3.98. The van der Waals surface area contributed by atoms with Gasteiger partial charge in [-0.3, -0.25) is 0 Å². The fraction of sp³-hybridized carbons (Fsp3) is 1.00. The van der Waals surface area contributed by atoms with Gasteiger partial charge in [0.15, 0.2) is 0 Å². The molecule has 0 amide bonds. The lowest BCUT2D eigenvalue weighted by Crippen LogP contribution is -1.96. The number of hydrogen-bond acceptors (Lipinski definition) is 0. The Bertz CT molecular complexity index is 48.6. The molecule has 43 valence electrons. The van der Waals surface area contributed by atoms with Crippen molar-refractivity contribution in [2.45, 2.75) is 12.8 Å². The molecular formula is C3H5F3P. The average molecular weight is 129 g/mol. The first-order valence-corrected chi connectivity index (χ1v) is 2.89. The first kappa shape index (κ1) is 7.22. The molecule has 0 unspecified atom stereocenters. The van der Waals surface area contributed by atoms with Crippen LogP contribution in [0.4, 0.5) is 13.2 Å². The molecular weight excluding hydrogens is 124 g/mol. The van der Waals surface area contributed by atoms with Gasteiger partial charge >= 0.3 is 5.92 Å². The topological polar surface area (TPSA) is 0 Å². The number of hydrogen-bond donors (Lipinski definition) is 0. The Morgan fingerprint density at radius 2 is 1.86 bits per heavy atom. The lowest BCUT2D eigenvalue weighted by molar-refractivity contribution is -0.0369. The van der Waals surface area contributed by atoms with E-state index in [4.69, 9.17) is 0 Å². The van der Waals surface area contributed by atoms with E-state index in [9.17, 15) is 13.2 Å².